The van der Waals surface area contributed by atoms with Gasteiger partial charge in [0, 0.05) is 29.8 Å². The summed E-state index contributed by atoms with van der Waals surface area (Å²) >= 11 is 0. The molecule has 3 rings (SSSR count). The van der Waals surface area contributed by atoms with Gasteiger partial charge in [0.15, 0.2) is 12.4 Å². The molecule has 140 valence electrons. The molecule has 7 nitrogen and oxygen atoms in total. The predicted molar refractivity (Wildman–Crippen MR) is 95.7 cm³/mol. The van der Waals surface area contributed by atoms with E-state index in [4.69, 9.17) is 4.74 Å². The fourth-order valence-corrected chi connectivity index (χ4v) is 3.18. The number of nitrogens with one attached hydrogen (secondary N) is 1. The third kappa shape index (κ3) is 3.64. The molecule has 0 radical (unpaired) electrons. The Morgan fingerprint density at radius 2 is 2.11 bits per heavy atom. The number of aryl methyl sites for hydroxylation is 1. The van der Waals surface area contributed by atoms with E-state index in [1.54, 1.807) is 13.8 Å². The van der Waals surface area contributed by atoms with Crippen LogP contribution in [0.4, 0.5) is 15.8 Å². The van der Waals surface area contributed by atoms with Gasteiger partial charge in [-0.15, -0.1) is 0 Å². The first-order chi connectivity index (χ1) is 12.8. The van der Waals surface area contributed by atoms with E-state index < -0.39 is 16.6 Å². The number of benzene rings is 2. The van der Waals surface area contributed by atoms with Gasteiger partial charge in [0.2, 0.25) is 0 Å². The zero-order chi connectivity index (χ0) is 19.7. The molecule has 0 spiro atoms. The fourth-order valence-electron chi connectivity index (χ4n) is 3.18. The van der Waals surface area contributed by atoms with Crippen molar-refractivity contribution in [1.82, 2.24) is 0 Å². The lowest BCUT2D eigenvalue weighted by atomic mass is 10.0. The third-order valence-electron chi connectivity index (χ3n) is 4.47. The summed E-state index contributed by atoms with van der Waals surface area (Å²) in [5.41, 5.74) is 1.40. The van der Waals surface area contributed by atoms with Crippen molar-refractivity contribution in [1.29, 1.82) is 0 Å². The largest absolute Gasteiger partial charge is 0.483 e. The quantitative estimate of drug-likeness (QED) is 0.637. The van der Waals surface area contributed by atoms with Crippen LogP contribution in [0.25, 0.3) is 0 Å². The first-order valence-electron chi connectivity index (χ1n) is 8.31. The number of rotatable bonds is 5. The summed E-state index contributed by atoms with van der Waals surface area (Å²) in [6, 6.07) is 6.64. The van der Waals surface area contributed by atoms with Crippen LogP contribution >= 0.6 is 0 Å². The van der Waals surface area contributed by atoms with Crippen LogP contribution < -0.4 is 10.1 Å². The number of hydrogen-bond acceptors (Lipinski definition) is 5. The Kier molecular flexibility index (Phi) is 4.89. The summed E-state index contributed by atoms with van der Waals surface area (Å²) in [5.74, 6) is -1.22. The van der Waals surface area contributed by atoms with Crippen molar-refractivity contribution < 1.29 is 23.6 Å². The van der Waals surface area contributed by atoms with Crippen molar-refractivity contribution >= 4 is 23.1 Å². The number of nitro benzene ring substituents is 1. The minimum absolute atomic E-state index is 0.0729. The standard InChI is InChI=1S/C19H17FN2O5/c1-10-7-12(22(25)26)3-5-14(10)21-17(24)9-27-16-6-4-13(20)18-11(2)8-15(23)19(16)18/h3-7,11H,8-9H2,1-2H3,(H,21,24). The number of hydrogen-bond donors (Lipinski definition) is 1. The maximum absolute atomic E-state index is 14.0. The first-order valence-corrected chi connectivity index (χ1v) is 8.31. The van der Waals surface area contributed by atoms with E-state index in [0.717, 1.165) is 0 Å². The van der Waals surface area contributed by atoms with E-state index in [-0.39, 0.29) is 41.7 Å². The number of amides is 1. The minimum atomic E-state index is -0.519. The number of halogens is 1. The molecule has 1 aliphatic carbocycles. The van der Waals surface area contributed by atoms with Crippen molar-refractivity contribution in [2.75, 3.05) is 11.9 Å². The van der Waals surface area contributed by atoms with E-state index in [2.05, 4.69) is 5.32 Å². The lowest BCUT2D eigenvalue weighted by molar-refractivity contribution is -0.384. The average molecular weight is 372 g/mol. The second kappa shape index (κ2) is 7.14. The number of fused-ring (bicyclic) bond motifs is 1. The molecular weight excluding hydrogens is 355 g/mol. The molecule has 0 bridgehead atoms. The Balaban J connectivity index is 1.71. The molecule has 0 aliphatic heterocycles. The summed E-state index contributed by atoms with van der Waals surface area (Å²) in [5, 5.41) is 13.4. The number of anilines is 1. The number of non-ortho nitro benzene ring substituents is 1. The highest BCUT2D eigenvalue weighted by Gasteiger charge is 2.32. The normalized spacial score (nSPS) is 15.4. The molecule has 27 heavy (non-hydrogen) atoms. The minimum Gasteiger partial charge on any atom is -0.483 e. The van der Waals surface area contributed by atoms with E-state index in [1.807, 2.05) is 0 Å². The third-order valence-corrected chi connectivity index (χ3v) is 4.47. The van der Waals surface area contributed by atoms with Gasteiger partial charge in [-0.2, -0.15) is 0 Å². The van der Waals surface area contributed by atoms with Crippen molar-refractivity contribution in [2.24, 2.45) is 0 Å². The lowest BCUT2D eigenvalue weighted by Crippen LogP contribution is -2.21. The van der Waals surface area contributed by atoms with Crippen LogP contribution in [0.2, 0.25) is 0 Å². The maximum Gasteiger partial charge on any atom is 0.269 e. The molecule has 0 heterocycles. The molecular formula is C19H17FN2O5. The molecule has 1 aliphatic rings. The number of nitrogens with zero attached hydrogens (tertiary/aromatic N) is 1. The SMILES string of the molecule is Cc1cc([N+](=O)[O-])ccc1NC(=O)COc1ccc(F)c2c1C(=O)CC2C. The summed E-state index contributed by atoms with van der Waals surface area (Å²) in [6.07, 6.45) is 0.209. The van der Waals surface area contributed by atoms with E-state index >= 15 is 0 Å². The maximum atomic E-state index is 14.0. The van der Waals surface area contributed by atoms with Gasteiger partial charge in [-0.05, 0) is 36.6 Å². The molecule has 8 heteroatoms. The van der Waals surface area contributed by atoms with E-state index in [9.17, 15) is 24.1 Å². The molecule has 1 atom stereocenters. The summed E-state index contributed by atoms with van der Waals surface area (Å²) in [7, 11) is 0. The molecule has 0 fully saturated rings. The van der Waals surface area contributed by atoms with Crippen LogP contribution in [0.3, 0.4) is 0 Å². The molecule has 2 aromatic carbocycles. The highest BCUT2D eigenvalue weighted by molar-refractivity contribution is 6.04. The number of ether oxygens (including phenoxy) is 1. The van der Waals surface area contributed by atoms with Crippen LogP contribution in [-0.4, -0.2) is 23.2 Å². The van der Waals surface area contributed by atoms with Crippen LogP contribution in [0.5, 0.6) is 5.75 Å². The van der Waals surface area contributed by atoms with Gasteiger partial charge in [-0.1, -0.05) is 6.92 Å². The van der Waals surface area contributed by atoms with Crippen LogP contribution in [0, 0.1) is 22.9 Å². The monoisotopic (exact) mass is 372 g/mol. The van der Waals surface area contributed by atoms with Gasteiger partial charge < -0.3 is 10.1 Å². The Bertz CT molecular complexity index is 957. The fraction of sp³-hybridized carbons (Fsp3) is 0.263. The Morgan fingerprint density at radius 3 is 2.78 bits per heavy atom. The predicted octanol–water partition coefficient (Wildman–Crippen LogP) is 3.75. The van der Waals surface area contributed by atoms with Crippen LogP contribution in [-0.2, 0) is 4.79 Å². The van der Waals surface area contributed by atoms with Crippen LogP contribution in [0.1, 0.15) is 40.7 Å². The van der Waals surface area contributed by atoms with Crippen molar-refractivity contribution in [3.8, 4) is 5.75 Å². The van der Waals surface area contributed by atoms with Gasteiger partial charge in [-0.3, -0.25) is 19.7 Å². The molecule has 1 amide bonds. The summed E-state index contributed by atoms with van der Waals surface area (Å²) < 4.78 is 19.4. The molecule has 2 aromatic rings. The molecule has 0 aromatic heterocycles. The van der Waals surface area contributed by atoms with Gasteiger partial charge in [0.25, 0.3) is 11.6 Å². The summed E-state index contributed by atoms with van der Waals surface area (Å²) in [4.78, 5) is 34.5. The van der Waals surface area contributed by atoms with Gasteiger partial charge in [-0.25, -0.2) is 4.39 Å². The van der Waals surface area contributed by atoms with E-state index in [0.29, 0.717) is 16.8 Å². The van der Waals surface area contributed by atoms with E-state index in [1.165, 1.54) is 30.3 Å². The zero-order valence-corrected chi connectivity index (χ0v) is 14.7. The molecule has 1 unspecified atom stereocenters. The average Bonchev–Trinajstić information content (AvgIpc) is 2.91. The van der Waals surface area contributed by atoms with Crippen molar-refractivity contribution in [3.63, 3.8) is 0 Å². The lowest BCUT2D eigenvalue weighted by Gasteiger charge is -2.12. The highest BCUT2D eigenvalue weighted by Crippen LogP contribution is 2.39. The topological polar surface area (TPSA) is 98.5 Å². The highest BCUT2D eigenvalue weighted by atomic mass is 19.1. The molecule has 0 saturated heterocycles. The zero-order valence-electron chi connectivity index (χ0n) is 14.7. The number of ketones is 1. The number of nitro groups is 1. The van der Waals surface area contributed by atoms with Gasteiger partial charge in [0.05, 0.1) is 10.5 Å². The van der Waals surface area contributed by atoms with Gasteiger partial charge in [0.1, 0.15) is 11.6 Å². The van der Waals surface area contributed by atoms with Crippen LogP contribution in [0.15, 0.2) is 30.3 Å². The number of carbonyl (C=O) groups excluding carboxylic acids is 2. The molecule has 1 N–H and O–H groups in total. The van der Waals surface area contributed by atoms with Gasteiger partial charge >= 0.3 is 0 Å². The first kappa shape index (κ1) is 18.5. The number of Topliss-reactive ketones (excluding diaryl/α,β-unsaturated/α-hetero) is 1. The van der Waals surface area contributed by atoms with Crippen molar-refractivity contribution in [3.05, 3.63) is 63.0 Å². The molecule has 0 saturated carbocycles. The van der Waals surface area contributed by atoms with Crippen molar-refractivity contribution in [2.45, 2.75) is 26.2 Å². The number of carbonyl (C=O) groups is 2. The Hall–Kier alpha value is -3.29. The Morgan fingerprint density at radius 1 is 1.37 bits per heavy atom. The second-order valence-corrected chi connectivity index (χ2v) is 6.46. The summed E-state index contributed by atoms with van der Waals surface area (Å²) in [6.45, 7) is 3.02. The smallest absolute Gasteiger partial charge is 0.269 e. The second-order valence-electron chi connectivity index (χ2n) is 6.46. The Labute approximate surface area is 154 Å².